The fraction of sp³-hybridized carbons (Fsp3) is 0.733. The molecule has 3 N–H and O–H groups in total. The minimum Gasteiger partial charge on any atom is -0.497 e. The molecule has 1 aromatic rings. The standard InChI is InChI=1S/C30H48N4O3/c1-21(2)18-33(19-22-8-5-4-6-9-22)26-17-28(29(35)32-25-14-12-24(31)13-15-25)34(20-26)30(36)23-10-7-11-27(16-23)37-3/h7,10-11,16,21-22,24-26,28H,4-6,8-9,12-15,17-20,31H2,1-3H3,(H,32,35). The van der Waals surface area contributed by atoms with Crippen molar-refractivity contribution in [3.63, 3.8) is 0 Å². The molecule has 7 nitrogen and oxygen atoms in total. The molecule has 206 valence electrons. The second kappa shape index (κ2) is 13.1. The minimum absolute atomic E-state index is 0.0126. The summed E-state index contributed by atoms with van der Waals surface area (Å²) >= 11 is 0. The molecule has 1 saturated heterocycles. The van der Waals surface area contributed by atoms with E-state index in [4.69, 9.17) is 10.5 Å². The van der Waals surface area contributed by atoms with Crippen LogP contribution in [0.15, 0.2) is 24.3 Å². The van der Waals surface area contributed by atoms with Crippen LogP contribution in [0.5, 0.6) is 5.75 Å². The van der Waals surface area contributed by atoms with Gasteiger partial charge in [0.2, 0.25) is 5.91 Å². The fourth-order valence-electron chi connectivity index (χ4n) is 6.58. The van der Waals surface area contributed by atoms with Gasteiger partial charge in [-0.15, -0.1) is 0 Å². The van der Waals surface area contributed by atoms with Crippen LogP contribution in [-0.4, -0.2) is 72.5 Å². The highest BCUT2D eigenvalue weighted by molar-refractivity contribution is 5.98. The average molecular weight is 513 g/mol. The van der Waals surface area contributed by atoms with Gasteiger partial charge >= 0.3 is 0 Å². The van der Waals surface area contributed by atoms with E-state index in [9.17, 15) is 9.59 Å². The molecule has 7 heteroatoms. The van der Waals surface area contributed by atoms with Gasteiger partial charge in [0.15, 0.2) is 0 Å². The number of nitrogens with zero attached hydrogens (tertiary/aromatic N) is 2. The highest BCUT2D eigenvalue weighted by Gasteiger charge is 2.43. The minimum atomic E-state index is -0.458. The van der Waals surface area contributed by atoms with E-state index in [1.807, 2.05) is 23.1 Å². The summed E-state index contributed by atoms with van der Waals surface area (Å²) < 4.78 is 5.37. The number of amides is 2. The topological polar surface area (TPSA) is 87.9 Å². The monoisotopic (exact) mass is 512 g/mol. The Balaban J connectivity index is 1.53. The lowest BCUT2D eigenvalue weighted by atomic mass is 9.88. The molecule has 3 fully saturated rings. The summed E-state index contributed by atoms with van der Waals surface area (Å²) in [5.74, 6) is 1.80. The fourth-order valence-corrected chi connectivity index (χ4v) is 6.58. The molecule has 2 aliphatic carbocycles. The first kappa shape index (κ1) is 27.9. The van der Waals surface area contributed by atoms with Crippen LogP contribution in [0.1, 0.15) is 88.4 Å². The first-order valence-electron chi connectivity index (χ1n) is 14.6. The van der Waals surface area contributed by atoms with Crippen LogP contribution in [0.25, 0.3) is 0 Å². The van der Waals surface area contributed by atoms with Crippen molar-refractivity contribution in [2.45, 2.75) is 102 Å². The Morgan fingerprint density at radius 1 is 1.11 bits per heavy atom. The molecule has 1 aromatic carbocycles. The zero-order chi connectivity index (χ0) is 26.4. The van der Waals surface area contributed by atoms with Crippen LogP contribution in [-0.2, 0) is 4.79 Å². The first-order chi connectivity index (χ1) is 17.8. The number of benzene rings is 1. The average Bonchev–Trinajstić information content (AvgIpc) is 3.35. The Hall–Kier alpha value is -2.12. The van der Waals surface area contributed by atoms with Crippen molar-refractivity contribution in [1.29, 1.82) is 0 Å². The summed E-state index contributed by atoms with van der Waals surface area (Å²) in [4.78, 5) is 31.9. The Morgan fingerprint density at radius 3 is 2.51 bits per heavy atom. The number of rotatable bonds is 9. The Kier molecular flexibility index (Phi) is 9.88. The molecular formula is C30H48N4O3. The Morgan fingerprint density at radius 2 is 1.84 bits per heavy atom. The number of hydrogen-bond acceptors (Lipinski definition) is 5. The van der Waals surface area contributed by atoms with Crippen LogP contribution >= 0.6 is 0 Å². The van der Waals surface area contributed by atoms with Gasteiger partial charge in [-0.3, -0.25) is 14.5 Å². The van der Waals surface area contributed by atoms with Gasteiger partial charge < -0.3 is 20.7 Å². The number of nitrogens with two attached hydrogens (primary N) is 1. The van der Waals surface area contributed by atoms with Crippen molar-refractivity contribution in [2.75, 3.05) is 26.7 Å². The van der Waals surface area contributed by atoms with Gasteiger partial charge in [-0.25, -0.2) is 0 Å². The maximum absolute atomic E-state index is 13.8. The zero-order valence-corrected chi connectivity index (χ0v) is 23.2. The van der Waals surface area contributed by atoms with E-state index in [1.54, 1.807) is 13.2 Å². The first-order valence-corrected chi connectivity index (χ1v) is 14.6. The van der Waals surface area contributed by atoms with E-state index in [-0.39, 0.29) is 29.9 Å². The van der Waals surface area contributed by atoms with Gasteiger partial charge in [0, 0.05) is 43.3 Å². The lowest BCUT2D eigenvalue weighted by Gasteiger charge is -2.35. The SMILES string of the molecule is COc1cccc(C(=O)N2CC(N(CC(C)C)CC3CCCCC3)CC2C(=O)NC2CCC(N)CC2)c1. The number of carbonyl (C=O) groups is 2. The summed E-state index contributed by atoms with van der Waals surface area (Å²) in [7, 11) is 1.61. The molecule has 1 aliphatic heterocycles. The van der Waals surface area contributed by atoms with Gasteiger partial charge in [0.25, 0.3) is 5.91 Å². The van der Waals surface area contributed by atoms with Crippen LogP contribution in [0.2, 0.25) is 0 Å². The van der Waals surface area contributed by atoms with Crippen molar-refractivity contribution in [3.05, 3.63) is 29.8 Å². The molecule has 2 saturated carbocycles. The van der Waals surface area contributed by atoms with Crippen molar-refractivity contribution in [3.8, 4) is 5.75 Å². The molecule has 3 aliphatic rings. The molecule has 4 rings (SSSR count). The second-order valence-corrected chi connectivity index (χ2v) is 12.1. The molecule has 37 heavy (non-hydrogen) atoms. The number of carbonyl (C=O) groups excluding carboxylic acids is 2. The van der Waals surface area contributed by atoms with E-state index in [1.165, 1.54) is 32.1 Å². The zero-order valence-electron chi connectivity index (χ0n) is 23.2. The van der Waals surface area contributed by atoms with Crippen LogP contribution in [0, 0.1) is 11.8 Å². The highest BCUT2D eigenvalue weighted by atomic mass is 16.5. The third-order valence-corrected chi connectivity index (χ3v) is 8.61. The van der Waals surface area contributed by atoms with Gasteiger partial charge in [0.1, 0.15) is 11.8 Å². The normalized spacial score (nSPS) is 27.0. The molecule has 2 amide bonds. The molecule has 1 heterocycles. The van der Waals surface area contributed by atoms with Crippen LogP contribution in [0.4, 0.5) is 0 Å². The predicted molar refractivity (Wildman–Crippen MR) is 148 cm³/mol. The summed E-state index contributed by atoms with van der Waals surface area (Å²) in [6.45, 7) is 7.18. The third kappa shape index (κ3) is 7.47. The van der Waals surface area contributed by atoms with E-state index in [0.29, 0.717) is 36.1 Å². The Bertz CT molecular complexity index is 893. The second-order valence-electron chi connectivity index (χ2n) is 12.1. The van der Waals surface area contributed by atoms with Crippen molar-refractivity contribution < 1.29 is 14.3 Å². The Labute approximate surface area is 223 Å². The molecule has 2 atom stereocenters. The quantitative estimate of drug-likeness (QED) is 0.518. The molecular weight excluding hydrogens is 464 g/mol. The number of methoxy groups -OCH3 is 1. The lowest BCUT2D eigenvalue weighted by molar-refractivity contribution is -0.125. The molecule has 0 bridgehead atoms. The maximum atomic E-state index is 13.8. The lowest BCUT2D eigenvalue weighted by Crippen LogP contribution is -2.50. The van der Waals surface area contributed by atoms with Gasteiger partial charge in [0.05, 0.1) is 7.11 Å². The summed E-state index contributed by atoms with van der Waals surface area (Å²) in [5, 5.41) is 3.29. The van der Waals surface area contributed by atoms with Crippen molar-refractivity contribution in [1.82, 2.24) is 15.1 Å². The van der Waals surface area contributed by atoms with E-state index >= 15 is 0 Å². The molecule has 0 spiro atoms. The largest absolute Gasteiger partial charge is 0.497 e. The highest BCUT2D eigenvalue weighted by Crippen LogP contribution is 2.30. The number of hydrogen-bond donors (Lipinski definition) is 2. The molecule has 0 aromatic heterocycles. The predicted octanol–water partition coefficient (Wildman–Crippen LogP) is 4.20. The third-order valence-electron chi connectivity index (χ3n) is 8.61. The molecule has 2 unspecified atom stereocenters. The molecule has 0 radical (unpaired) electrons. The van der Waals surface area contributed by atoms with Gasteiger partial charge in [-0.1, -0.05) is 39.2 Å². The van der Waals surface area contributed by atoms with Crippen molar-refractivity contribution in [2.24, 2.45) is 17.6 Å². The number of nitrogens with one attached hydrogen (secondary N) is 1. The van der Waals surface area contributed by atoms with Crippen LogP contribution in [0.3, 0.4) is 0 Å². The van der Waals surface area contributed by atoms with Gasteiger partial charge in [-0.05, 0) is 75.0 Å². The summed E-state index contributed by atoms with van der Waals surface area (Å²) in [6.07, 6.45) is 11.0. The number of ether oxygens (including phenoxy) is 1. The van der Waals surface area contributed by atoms with Crippen molar-refractivity contribution >= 4 is 11.8 Å². The maximum Gasteiger partial charge on any atom is 0.254 e. The van der Waals surface area contributed by atoms with E-state index in [0.717, 1.165) is 38.8 Å². The summed E-state index contributed by atoms with van der Waals surface area (Å²) in [5.41, 5.74) is 6.66. The van der Waals surface area contributed by atoms with E-state index in [2.05, 4.69) is 24.1 Å². The van der Waals surface area contributed by atoms with E-state index < -0.39 is 6.04 Å². The van der Waals surface area contributed by atoms with Crippen LogP contribution < -0.4 is 15.8 Å². The summed E-state index contributed by atoms with van der Waals surface area (Å²) in [6, 6.07) is 7.40. The smallest absolute Gasteiger partial charge is 0.254 e. The van der Waals surface area contributed by atoms with Gasteiger partial charge in [-0.2, -0.15) is 0 Å². The number of likely N-dealkylation sites (tertiary alicyclic amines) is 1.